The third-order valence-electron chi connectivity index (χ3n) is 4.22. The smallest absolute Gasteiger partial charge is 0.255 e. The normalized spacial score (nSPS) is 11.2. The first-order chi connectivity index (χ1) is 12.1. The van der Waals surface area contributed by atoms with E-state index in [4.69, 9.17) is 5.11 Å². The maximum absolute atomic E-state index is 12.4. The lowest BCUT2D eigenvalue weighted by atomic mass is 10.1. The molecule has 0 fully saturated rings. The number of nitrogens with zero attached hydrogens (tertiary/aromatic N) is 2. The van der Waals surface area contributed by atoms with Crippen LogP contribution in [0.3, 0.4) is 0 Å². The van der Waals surface area contributed by atoms with E-state index in [9.17, 15) is 4.79 Å². The molecule has 25 heavy (non-hydrogen) atoms. The summed E-state index contributed by atoms with van der Waals surface area (Å²) in [5.74, 6) is -0.157. The zero-order chi connectivity index (χ0) is 17.8. The van der Waals surface area contributed by atoms with Crippen LogP contribution in [0.5, 0.6) is 0 Å². The largest absolute Gasteiger partial charge is 0.392 e. The van der Waals surface area contributed by atoms with Gasteiger partial charge in [0.25, 0.3) is 5.91 Å². The standard InChI is InChI=1S/C20H23N3O2/c1-22(2)11-12-23-10-9-16-7-8-18(13-19(16)23)21-20(25)17-5-3-15(14-24)4-6-17/h3-10,13,24H,11-12,14H2,1-2H3,(H,21,25). The first kappa shape index (κ1) is 17.2. The number of rotatable bonds is 6. The lowest BCUT2D eigenvalue weighted by Crippen LogP contribution is -2.18. The van der Waals surface area contributed by atoms with E-state index >= 15 is 0 Å². The number of carbonyl (C=O) groups excluding carboxylic acids is 1. The van der Waals surface area contributed by atoms with Crippen LogP contribution < -0.4 is 5.32 Å². The van der Waals surface area contributed by atoms with Crippen molar-refractivity contribution in [3.8, 4) is 0 Å². The van der Waals surface area contributed by atoms with Crippen LogP contribution in [-0.2, 0) is 13.2 Å². The highest BCUT2D eigenvalue weighted by molar-refractivity contribution is 6.05. The van der Waals surface area contributed by atoms with Gasteiger partial charge in [0.05, 0.1) is 12.1 Å². The van der Waals surface area contributed by atoms with Gasteiger partial charge in [-0.25, -0.2) is 0 Å². The Kier molecular flexibility index (Phi) is 5.16. The van der Waals surface area contributed by atoms with Crippen LogP contribution in [-0.4, -0.2) is 41.1 Å². The van der Waals surface area contributed by atoms with Crippen molar-refractivity contribution in [2.75, 3.05) is 26.0 Å². The van der Waals surface area contributed by atoms with Gasteiger partial charge in [0.2, 0.25) is 0 Å². The monoisotopic (exact) mass is 337 g/mol. The van der Waals surface area contributed by atoms with E-state index in [0.717, 1.165) is 35.2 Å². The van der Waals surface area contributed by atoms with Crippen molar-refractivity contribution in [1.29, 1.82) is 0 Å². The van der Waals surface area contributed by atoms with Gasteiger partial charge in [-0.2, -0.15) is 0 Å². The molecule has 3 aromatic rings. The molecule has 0 aliphatic carbocycles. The van der Waals surface area contributed by atoms with Gasteiger partial charge < -0.3 is 19.9 Å². The molecule has 0 radical (unpaired) electrons. The molecule has 0 saturated heterocycles. The lowest BCUT2D eigenvalue weighted by molar-refractivity contribution is 0.102. The number of hydrogen-bond acceptors (Lipinski definition) is 3. The number of nitrogens with one attached hydrogen (secondary N) is 1. The SMILES string of the molecule is CN(C)CCn1ccc2ccc(NC(=O)c3ccc(CO)cc3)cc21. The summed E-state index contributed by atoms with van der Waals surface area (Å²) in [6.45, 7) is 1.83. The molecule has 0 spiro atoms. The van der Waals surface area contributed by atoms with Gasteiger partial charge in [-0.3, -0.25) is 4.79 Å². The first-order valence-electron chi connectivity index (χ1n) is 8.31. The van der Waals surface area contributed by atoms with Gasteiger partial charge in [0.15, 0.2) is 0 Å². The zero-order valence-corrected chi connectivity index (χ0v) is 14.6. The fourth-order valence-electron chi connectivity index (χ4n) is 2.73. The van der Waals surface area contributed by atoms with Crippen LogP contribution in [0.25, 0.3) is 10.9 Å². The highest BCUT2D eigenvalue weighted by Crippen LogP contribution is 2.21. The Morgan fingerprint density at radius 1 is 1.12 bits per heavy atom. The molecule has 0 atom stereocenters. The summed E-state index contributed by atoms with van der Waals surface area (Å²) >= 11 is 0. The van der Waals surface area contributed by atoms with Crippen LogP contribution >= 0.6 is 0 Å². The second-order valence-electron chi connectivity index (χ2n) is 6.40. The Morgan fingerprint density at radius 2 is 1.88 bits per heavy atom. The average Bonchev–Trinajstić information content (AvgIpc) is 3.02. The predicted octanol–water partition coefficient (Wildman–Crippen LogP) is 2.95. The Hall–Kier alpha value is -2.63. The third-order valence-corrected chi connectivity index (χ3v) is 4.22. The van der Waals surface area contributed by atoms with Crippen LogP contribution in [0.2, 0.25) is 0 Å². The third kappa shape index (κ3) is 4.07. The number of fused-ring (bicyclic) bond motifs is 1. The Labute approximate surface area is 147 Å². The van der Waals surface area contributed by atoms with E-state index < -0.39 is 0 Å². The Balaban J connectivity index is 1.78. The second kappa shape index (κ2) is 7.51. The number of anilines is 1. The minimum atomic E-state index is -0.157. The van der Waals surface area contributed by atoms with E-state index in [1.165, 1.54) is 0 Å². The van der Waals surface area contributed by atoms with Crippen molar-refractivity contribution >= 4 is 22.5 Å². The molecule has 0 aliphatic rings. The number of aromatic nitrogens is 1. The molecular weight excluding hydrogens is 314 g/mol. The predicted molar refractivity (Wildman–Crippen MR) is 101 cm³/mol. The van der Waals surface area contributed by atoms with Gasteiger partial charge in [-0.05, 0) is 55.4 Å². The maximum atomic E-state index is 12.4. The quantitative estimate of drug-likeness (QED) is 0.727. The summed E-state index contributed by atoms with van der Waals surface area (Å²) in [5, 5.41) is 13.2. The fraction of sp³-hybridized carbons (Fsp3) is 0.250. The van der Waals surface area contributed by atoms with Crippen molar-refractivity contribution in [1.82, 2.24) is 9.47 Å². The summed E-state index contributed by atoms with van der Waals surface area (Å²) in [5.41, 5.74) is 3.24. The highest BCUT2D eigenvalue weighted by Gasteiger charge is 2.08. The number of hydrogen-bond donors (Lipinski definition) is 2. The number of amides is 1. The van der Waals surface area contributed by atoms with Crippen LogP contribution in [0.4, 0.5) is 5.69 Å². The van der Waals surface area contributed by atoms with Gasteiger partial charge >= 0.3 is 0 Å². The molecule has 0 unspecified atom stereocenters. The van der Waals surface area contributed by atoms with E-state index in [2.05, 4.69) is 41.1 Å². The maximum Gasteiger partial charge on any atom is 0.255 e. The van der Waals surface area contributed by atoms with Gasteiger partial charge in [-0.1, -0.05) is 18.2 Å². The molecule has 1 amide bonds. The summed E-state index contributed by atoms with van der Waals surface area (Å²) in [6, 6.07) is 15.0. The summed E-state index contributed by atoms with van der Waals surface area (Å²) in [6.07, 6.45) is 2.08. The molecule has 1 heterocycles. The first-order valence-corrected chi connectivity index (χ1v) is 8.31. The molecule has 130 valence electrons. The summed E-state index contributed by atoms with van der Waals surface area (Å²) in [4.78, 5) is 14.5. The van der Waals surface area contributed by atoms with E-state index in [1.807, 2.05) is 18.2 Å². The Bertz CT molecular complexity index is 866. The van der Waals surface area contributed by atoms with E-state index in [-0.39, 0.29) is 12.5 Å². The number of aliphatic hydroxyl groups excluding tert-OH is 1. The molecule has 2 aromatic carbocycles. The minimum absolute atomic E-state index is 0.0253. The van der Waals surface area contributed by atoms with Crippen LogP contribution in [0.15, 0.2) is 54.7 Å². The van der Waals surface area contributed by atoms with Crippen LogP contribution in [0.1, 0.15) is 15.9 Å². The van der Waals surface area contributed by atoms with Crippen molar-refractivity contribution in [2.45, 2.75) is 13.2 Å². The van der Waals surface area contributed by atoms with E-state index in [0.29, 0.717) is 5.56 Å². The average molecular weight is 337 g/mol. The van der Waals surface area contributed by atoms with Gasteiger partial charge in [-0.15, -0.1) is 0 Å². The van der Waals surface area contributed by atoms with E-state index in [1.54, 1.807) is 24.3 Å². The van der Waals surface area contributed by atoms with Crippen molar-refractivity contribution in [2.24, 2.45) is 0 Å². The molecule has 3 rings (SSSR count). The molecule has 0 saturated carbocycles. The summed E-state index contributed by atoms with van der Waals surface area (Å²) < 4.78 is 2.20. The lowest BCUT2D eigenvalue weighted by Gasteiger charge is -2.12. The molecule has 5 nitrogen and oxygen atoms in total. The molecule has 2 N–H and O–H groups in total. The topological polar surface area (TPSA) is 57.5 Å². The van der Waals surface area contributed by atoms with Crippen molar-refractivity contribution in [3.05, 3.63) is 65.9 Å². The number of aliphatic hydroxyl groups is 1. The zero-order valence-electron chi connectivity index (χ0n) is 14.6. The number of likely N-dealkylation sites (N-methyl/N-ethyl adjacent to an activating group) is 1. The minimum Gasteiger partial charge on any atom is -0.392 e. The fourth-order valence-corrected chi connectivity index (χ4v) is 2.73. The van der Waals surface area contributed by atoms with Crippen LogP contribution in [0, 0.1) is 0 Å². The van der Waals surface area contributed by atoms with Crippen molar-refractivity contribution < 1.29 is 9.90 Å². The van der Waals surface area contributed by atoms with Gasteiger partial charge in [0, 0.05) is 30.5 Å². The molecule has 0 bridgehead atoms. The summed E-state index contributed by atoms with van der Waals surface area (Å²) in [7, 11) is 4.11. The molecule has 1 aromatic heterocycles. The highest BCUT2D eigenvalue weighted by atomic mass is 16.3. The molecular formula is C20H23N3O2. The number of carbonyl (C=O) groups is 1. The van der Waals surface area contributed by atoms with Gasteiger partial charge in [0.1, 0.15) is 0 Å². The Morgan fingerprint density at radius 3 is 2.56 bits per heavy atom. The molecule has 0 aliphatic heterocycles. The molecule has 5 heteroatoms. The second-order valence-corrected chi connectivity index (χ2v) is 6.40. The number of benzene rings is 2. The van der Waals surface area contributed by atoms with Crippen molar-refractivity contribution in [3.63, 3.8) is 0 Å².